The zero-order valence-corrected chi connectivity index (χ0v) is 20.4. The fourth-order valence-electron chi connectivity index (χ4n) is 8.27. The van der Waals surface area contributed by atoms with E-state index in [1.165, 1.54) is 25.7 Å². The van der Waals surface area contributed by atoms with Crippen LogP contribution in [0.15, 0.2) is 5.16 Å². The first-order valence-corrected chi connectivity index (χ1v) is 13.3. The molecule has 4 aliphatic rings. The van der Waals surface area contributed by atoms with Crippen LogP contribution in [0.2, 0.25) is 0 Å². The molecule has 0 aromatic heterocycles. The molecule has 5 N–H and O–H groups in total. The molecule has 0 aromatic rings. The highest BCUT2D eigenvalue weighted by atomic mass is 16.6. The third-order valence-electron chi connectivity index (χ3n) is 10.3. The number of fused-ring (bicyclic) bond motifs is 5. The van der Waals surface area contributed by atoms with Gasteiger partial charge in [-0.15, -0.1) is 0 Å². The van der Waals surface area contributed by atoms with E-state index in [-0.39, 0.29) is 5.41 Å². The second-order valence-electron chi connectivity index (χ2n) is 11.7. The topological polar surface area (TPSA) is 103 Å². The number of oxime groups is 1. The molecule has 0 radical (unpaired) electrons. The van der Waals surface area contributed by atoms with Gasteiger partial charge in [0.1, 0.15) is 6.61 Å². The Hall–Kier alpha value is -0.690. The van der Waals surface area contributed by atoms with E-state index in [4.69, 9.17) is 21.0 Å². The van der Waals surface area contributed by atoms with Crippen molar-refractivity contribution in [2.45, 2.75) is 96.2 Å². The fourth-order valence-corrected chi connectivity index (χ4v) is 8.27. The van der Waals surface area contributed by atoms with E-state index < -0.39 is 5.60 Å². The Morgan fingerprint density at radius 3 is 2.50 bits per heavy atom. The average Bonchev–Trinajstić information content (AvgIpc) is 3.05. The molecule has 0 aromatic carbocycles. The second kappa shape index (κ2) is 9.89. The molecule has 4 fully saturated rings. The van der Waals surface area contributed by atoms with Gasteiger partial charge < -0.3 is 26.1 Å². The van der Waals surface area contributed by atoms with Gasteiger partial charge in [0.25, 0.3) is 0 Å². The van der Waals surface area contributed by atoms with Crippen molar-refractivity contribution in [3.05, 3.63) is 0 Å². The Labute approximate surface area is 194 Å². The molecule has 4 saturated carbocycles. The van der Waals surface area contributed by atoms with Gasteiger partial charge in [-0.05, 0) is 107 Å². The molecule has 0 amide bonds. The summed E-state index contributed by atoms with van der Waals surface area (Å²) in [6, 6.07) is 0. The van der Waals surface area contributed by atoms with E-state index >= 15 is 0 Å². The second-order valence-corrected chi connectivity index (χ2v) is 11.7. The maximum Gasteiger partial charge on any atom is 0.118 e. The van der Waals surface area contributed by atoms with Crippen LogP contribution < -0.4 is 11.5 Å². The summed E-state index contributed by atoms with van der Waals surface area (Å²) >= 11 is 0. The van der Waals surface area contributed by atoms with Crippen molar-refractivity contribution in [1.82, 2.24) is 0 Å². The van der Waals surface area contributed by atoms with Crippen LogP contribution in [0.25, 0.3) is 0 Å². The smallest absolute Gasteiger partial charge is 0.118 e. The Morgan fingerprint density at radius 2 is 1.72 bits per heavy atom. The van der Waals surface area contributed by atoms with Crippen molar-refractivity contribution in [3.8, 4) is 0 Å². The lowest BCUT2D eigenvalue weighted by Crippen LogP contribution is -2.62. The van der Waals surface area contributed by atoms with Crippen LogP contribution in [-0.4, -0.2) is 49.3 Å². The van der Waals surface area contributed by atoms with E-state index in [2.05, 4.69) is 19.0 Å². The van der Waals surface area contributed by atoms with Crippen molar-refractivity contribution in [1.29, 1.82) is 0 Å². The number of aliphatic hydroxyl groups is 1. The summed E-state index contributed by atoms with van der Waals surface area (Å²) in [5.41, 5.74) is 10.8. The summed E-state index contributed by atoms with van der Waals surface area (Å²) in [6.07, 6.45) is 14.4. The molecule has 184 valence electrons. The predicted octanol–water partition coefficient (Wildman–Crippen LogP) is 3.85. The van der Waals surface area contributed by atoms with Crippen molar-refractivity contribution < 1.29 is 14.7 Å². The van der Waals surface area contributed by atoms with Crippen molar-refractivity contribution in [2.24, 2.45) is 51.1 Å². The third kappa shape index (κ3) is 4.14. The molecule has 4 aliphatic carbocycles. The van der Waals surface area contributed by atoms with Gasteiger partial charge in [-0.3, -0.25) is 0 Å². The minimum Gasteiger partial charge on any atom is -0.396 e. The lowest BCUT2D eigenvalue weighted by Gasteiger charge is -2.63. The van der Waals surface area contributed by atoms with E-state index in [0.29, 0.717) is 49.0 Å². The molecule has 4 rings (SSSR count). The molecular formula is C26H47N3O3. The quantitative estimate of drug-likeness (QED) is 0.282. The van der Waals surface area contributed by atoms with E-state index in [1.54, 1.807) is 0 Å². The molecule has 0 bridgehead atoms. The Balaban J connectivity index is 1.43. The van der Waals surface area contributed by atoms with E-state index in [9.17, 15) is 5.11 Å². The van der Waals surface area contributed by atoms with E-state index in [0.717, 1.165) is 57.5 Å². The Bertz CT molecular complexity index is 660. The highest BCUT2D eigenvalue weighted by molar-refractivity contribution is 5.63. The minimum atomic E-state index is -0.577. The van der Waals surface area contributed by atoms with Gasteiger partial charge in [0, 0.05) is 24.2 Å². The number of hydrogen-bond donors (Lipinski definition) is 3. The number of rotatable bonds is 9. The monoisotopic (exact) mass is 449 g/mol. The third-order valence-corrected chi connectivity index (χ3v) is 10.3. The molecule has 0 spiro atoms. The summed E-state index contributed by atoms with van der Waals surface area (Å²) in [4.78, 5) is 5.42. The molecule has 0 aliphatic heterocycles. The van der Waals surface area contributed by atoms with Crippen LogP contribution in [0.5, 0.6) is 0 Å². The molecule has 6 heteroatoms. The molecule has 0 heterocycles. The summed E-state index contributed by atoms with van der Waals surface area (Å²) in [5, 5.41) is 16.5. The number of nitrogens with zero attached hydrogens (tertiary/aromatic N) is 1. The SMILES string of the molecule is C[C@]12CC[C@H](OCCCN)C[C@H]1CC[C@@H]1[C@@H]2CC[C@]2(C)[C@@H](/C=N/OCCCN)CC[C@]12O. The largest absolute Gasteiger partial charge is 0.396 e. The van der Waals surface area contributed by atoms with Gasteiger partial charge >= 0.3 is 0 Å². The van der Waals surface area contributed by atoms with E-state index in [1.807, 2.05) is 6.21 Å². The van der Waals surface area contributed by atoms with Gasteiger partial charge in [0.2, 0.25) is 0 Å². The molecule has 32 heavy (non-hydrogen) atoms. The van der Waals surface area contributed by atoms with Gasteiger partial charge in [0.05, 0.1) is 11.7 Å². The van der Waals surface area contributed by atoms with Gasteiger partial charge in [-0.1, -0.05) is 19.0 Å². The highest BCUT2D eigenvalue weighted by Gasteiger charge is 2.67. The fraction of sp³-hybridized carbons (Fsp3) is 0.962. The zero-order chi connectivity index (χ0) is 22.8. The first-order valence-electron chi connectivity index (χ1n) is 13.3. The number of hydrogen-bond acceptors (Lipinski definition) is 6. The van der Waals surface area contributed by atoms with Gasteiger partial charge in [-0.25, -0.2) is 0 Å². The van der Waals surface area contributed by atoms with Crippen LogP contribution in [0.1, 0.15) is 84.5 Å². The number of nitrogens with two attached hydrogens (primary N) is 2. The average molecular weight is 450 g/mol. The minimum absolute atomic E-state index is 0.0966. The predicted molar refractivity (Wildman–Crippen MR) is 128 cm³/mol. The lowest BCUT2D eigenvalue weighted by atomic mass is 9.43. The normalized spacial score (nSPS) is 46.0. The van der Waals surface area contributed by atoms with Crippen LogP contribution in [-0.2, 0) is 9.57 Å². The summed E-state index contributed by atoms with van der Waals surface area (Å²) < 4.78 is 6.17. The van der Waals surface area contributed by atoms with Crippen molar-refractivity contribution in [3.63, 3.8) is 0 Å². The maximum absolute atomic E-state index is 12.2. The summed E-state index contributed by atoms with van der Waals surface area (Å²) in [7, 11) is 0. The Morgan fingerprint density at radius 1 is 0.938 bits per heavy atom. The van der Waals surface area contributed by atoms with Crippen LogP contribution in [0.3, 0.4) is 0 Å². The molecular weight excluding hydrogens is 402 g/mol. The maximum atomic E-state index is 12.2. The van der Waals surface area contributed by atoms with Crippen molar-refractivity contribution >= 4 is 6.21 Å². The molecule has 0 saturated heterocycles. The summed E-state index contributed by atoms with van der Waals surface area (Å²) in [6.45, 7) is 7.56. The first kappa shape index (κ1) is 24.4. The molecule has 6 nitrogen and oxygen atoms in total. The van der Waals surface area contributed by atoms with Gasteiger partial charge in [0.15, 0.2) is 0 Å². The number of ether oxygens (including phenoxy) is 1. The Kier molecular flexibility index (Phi) is 7.55. The van der Waals surface area contributed by atoms with Crippen molar-refractivity contribution in [2.75, 3.05) is 26.3 Å². The highest BCUT2D eigenvalue weighted by Crippen LogP contribution is 2.68. The standard InChI is InChI=1S/C26H47N3O3/c1-24-10-8-21(31-15-3-13-27)17-19(24)5-6-23-22(24)9-11-25(2)20(7-12-26(23,25)30)18-29-32-16-4-14-28/h18-23,30H,3-17,27-28H2,1-2H3/b29-18+/t19-,20-,21+,22+,23-,24+,25-,26+/m1/s1. The van der Waals surface area contributed by atoms with Crippen LogP contribution in [0, 0.1) is 34.5 Å². The zero-order valence-electron chi connectivity index (χ0n) is 20.4. The first-order chi connectivity index (χ1) is 15.4. The van der Waals surface area contributed by atoms with Crippen LogP contribution >= 0.6 is 0 Å². The molecule has 8 atom stereocenters. The summed E-state index contributed by atoms with van der Waals surface area (Å²) in [5.74, 6) is 2.06. The van der Waals surface area contributed by atoms with Gasteiger partial charge in [-0.2, -0.15) is 0 Å². The molecule has 0 unspecified atom stereocenters. The lowest BCUT2D eigenvalue weighted by molar-refractivity contribution is -0.207. The van der Waals surface area contributed by atoms with Crippen LogP contribution in [0.4, 0.5) is 0 Å².